The second-order valence-electron chi connectivity index (χ2n) is 4.70. The van der Waals surface area contributed by atoms with Crippen molar-refractivity contribution in [2.75, 3.05) is 20.2 Å². The molecule has 3 atom stereocenters. The average molecular weight is 201 g/mol. The van der Waals surface area contributed by atoms with Crippen LogP contribution in [-0.4, -0.2) is 47.5 Å². The van der Waals surface area contributed by atoms with Crippen LogP contribution in [0.1, 0.15) is 32.6 Å². The third-order valence-electron chi connectivity index (χ3n) is 3.24. The smallest absolute Gasteiger partial charge is 0.0897 e. The molecule has 1 rings (SSSR count). The highest BCUT2D eigenvalue weighted by molar-refractivity contribution is 4.78. The van der Waals surface area contributed by atoms with Crippen LogP contribution in [0.2, 0.25) is 0 Å². The Morgan fingerprint density at radius 1 is 1.43 bits per heavy atom. The Labute approximate surface area is 86.7 Å². The third kappa shape index (κ3) is 3.56. The first kappa shape index (κ1) is 12.0. The van der Waals surface area contributed by atoms with Crippen molar-refractivity contribution in [3.63, 3.8) is 0 Å². The lowest BCUT2D eigenvalue weighted by molar-refractivity contribution is 0.0444. The first-order valence-electron chi connectivity index (χ1n) is 5.62. The number of rotatable bonds is 4. The summed E-state index contributed by atoms with van der Waals surface area (Å²) in [7, 11) is 2.04. The van der Waals surface area contributed by atoms with Crippen molar-refractivity contribution >= 4 is 0 Å². The lowest BCUT2D eigenvalue weighted by Gasteiger charge is -2.34. The van der Waals surface area contributed by atoms with Gasteiger partial charge in [0.1, 0.15) is 0 Å². The molecule has 0 aromatic heterocycles. The second-order valence-corrected chi connectivity index (χ2v) is 4.70. The van der Waals surface area contributed by atoms with Crippen LogP contribution in [0.15, 0.2) is 0 Å². The summed E-state index contributed by atoms with van der Waals surface area (Å²) >= 11 is 0. The van der Waals surface area contributed by atoms with E-state index >= 15 is 0 Å². The maximum absolute atomic E-state index is 9.33. The molecule has 1 saturated carbocycles. The lowest BCUT2D eigenvalue weighted by atomic mass is 9.86. The van der Waals surface area contributed by atoms with E-state index in [1.807, 2.05) is 7.05 Å². The minimum absolute atomic E-state index is 0.132. The van der Waals surface area contributed by atoms with Crippen LogP contribution in [0, 0.1) is 5.92 Å². The van der Waals surface area contributed by atoms with Crippen molar-refractivity contribution in [1.29, 1.82) is 0 Å². The summed E-state index contributed by atoms with van der Waals surface area (Å²) in [6.45, 7) is 2.75. The Balaban J connectivity index is 2.31. The largest absolute Gasteiger partial charge is 0.394 e. The Morgan fingerprint density at radius 2 is 2.14 bits per heavy atom. The zero-order chi connectivity index (χ0) is 10.6. The Morgan fingerprint density at radius 3 is 2.71 bits per heavy atom. The number of hydrogen-bond donors (Lipinski definition) is 2. The van der Waals surface area contributed by atoms with Gasteiger partial charge in [0.25, 0.3) is 0 Å². The quantitative estimate of drug-likeness (QED) is 0.708. The van der Waals surface area contributed by atoms with E-state index < -0.39 is 6.10 Å². The molecule has 3 heteroatoms. The van der Waals surface area contributed by atoms with Crippen LogP contribution in [0.5, 0.6) is 0 Å². The van der Waals surface area contributed by atoms with E-state index in [-0.39, 0.29) is 6.61 Å². The van der Waals surface area contributed by atoms with Gasteiger partial charge in [-0.3, -0.25) is 0 Å². The summed E-state index contributed by atoms with van der Waals surface area (Å²) < 4.78 is 0. The van der Waals surface area contributed by atoms with E-state index in [4.69, 9.17) is 5.11 Å². The fraction of sp³-hybridized carbons (Fsp3) is 1.00. The molecule has 1 fully saturated rings. The zero-order valence-electron chi connectivity index (χ0n) is 9.32. The molecule has 84 valence electrons. The molecule has 0 bridgehead atoms. The number of hydrogen-bond acceptors (Lipinski definition) is 3. The van der Waals surface area contributed by atoms with Crippen molar-refractivity contribution < 1.29 is 10.2 Å². The third-order valence-corrected chi connectivity index (χ3v) is 3.24. The van der Waals surface area contributed by atoms with E-state index in [0.717, 1.165) is 5.92 Å². The Kier molecular flexibility index (Phi) is 4.85. The zero-order valence-corrected chi connectivity index (χ0v) is 9.32. The molecular formula is C11H23NO2. The fourth-order valence-corrected chi connectivity index (χ4v) is 2.34. The van der Waals surface area contributed by atoms with Gasteiger partial charge in [0.15, 0.2) is 0 Å². The van der Waals surface area contributed by atoms with Crippen molar-refractivity contribution in [2.24, 2.45) is 5.92 Å². The maximum Gasteiger partial charge on any atom is 0.0897 e. The van der Waals surface area contributed by atoms with Crippen molar-refractivity contribution in [3.05, 3.63) is 0 Å². The van der Waals surface area contributed by atoms with Gasteiger partial charge in [-0.15, -0.1) is 0 Å². The Hall–Kier alpha value is -0.120. The molecule has 1 aliphatic carbocycles. The summed E-state index contributed by atoms with van der Waals surface area (Å²) in [6, 6.07) is 0.597. The van der Waals surface area contributed by atoms with Crippen molar-refractivity contribution in [2.45, 2.75) is 44.8 Å². The topological polar surface area (TPSA) is 43.7 Å². The van der Waals surface area contributed by atoms with Gasteiger partial charge in [0.2, 0.25) is 0 Å². The minimum atomic E-state index is -0.586. The standard InChI is InChI=1S/C11H23NO2/c1-9-4-3-5-10(6-9)12(2)7-11(14)8-13/h9-11,13-14H,3-8H2,1-2H3. The SMILES string of the molecule is CC1CCCC(N(C)CC(O)CO)C1. The molecule has 0 spiro atoms. The van der Waals surface area contributed by atoms with E-state index in [1.54, 1.807) is 0 Å². The monoisotopic (exact) mass is 201 g/mol. The molecule has 0 aliphatic heterocycles. The molecule has 1 aliphatic rings. The van der Waals surface area contributed by atoms with Gasteiger partial charge in [-0.25, -0.2) is 0 Å². The molecule has 2 N–H and O–H groups in total. The maximum atomic E-state index is 9.33. The summed E-state index contributed by atoms with van der Waals surface area (Å²) in [5.41, 5.74) is 0. The molecule has 0 amide bonds. The van der Waals surface area contributed by atoms with Gasteiger partial charge < -0.3 is 15.1 Å². The average Bonchev–Trinajstić information content (AvgIpc) is 2.17. The van der Waals surface area contributed by atoms with Gasteiger partial charge in [0, 0.05) is 12.6 Å². The number of aliphatic hydroxyl groups is 2. The van der Waals surface area contributed by atoms with Gasteiger partial charge >= 0.3 is 0 Å². The molecule has 0 heterocycles. The highest BCUT2D eigenvalue weighted by atomic mass is 16.3. The molecular weight excluding hydrogens is 178 g/mol. The predicted octanol–water partition coefficient (Wildman–Crippen LogP) is 0.850. The number of nitrogens with zero attached hydrogens (tertiary/aromatic N) is 1. The fourth-order valence-electron chi connectivity index (χ4n) is 2.34. The first-order valence-corrected chi connectivity index (χ1v) is 5.62. The lowest BCUT2D eigenvalue weighted by Crippen LogP contribution is -2.41. The van der Waals surface area contributed by atoms with Crippen LogP contribution in [-0.2, 0) is 0 Å². The highest BCUT2D eigenvalue weighted by Crippen LogP contribution is 2.26. The molecule has 14 heavy (non-hydrogen) atoms. The molecule has 0 saturated heterocycles. The first-order chi connectivity index (χ1) is 6.63. The van der Waals surface area contributed by atoms with E-state index in [1.165, 1.54) is 25.7 Å². The molecule has 0 aromatic carbocycles. The molecule has 0 aromatic rings. The van der Waals surface area contributed by atoms with Gasteiger partial charge in [-0.2, -0.15) is 0 Å². The Bertz CT molecular complexity index is 163. The van der Waals surface area contributed by atoms with Gasteiger partial charge in [-0.05, 0) is 25.8 Å². The summed E-state index contributed by atoms with van der Waals surface area (Å²) in [5, 5.41) is 18.1. The van der Waals surface area contributed by atoms with Gasteiger partial charge in [0.05, 0.1) is 12.7 Å². The van der Waals surface area contributed by atoms with Crippen LogP contribution in [0.4, 0.5) is 0 Å². The van der Waals surface area contributed by atoms with Crippen molar-refractivity contribution in [3.8, 4) is 0 Å². The molecule has 0 radical (unpaired) electrons. The molecule has 3 unspecified atom stereocenters. The predicted molar refractivity (Wildman–Crippen MR) is 57.1 cm³/mol. The number of aliphatic hydroxyl groups excluding tert-OH is 2. The summed E-state index contributed by atoms with van der Waals surface area (Å²) in [5.74, 6) is 0.808. The van der Waals surface area contributed by atoms with Crippen LogP contribution < -0.4 is 0 Å². The highest BCUT2D eigenvalue weighted by Gasteiger charge is 2.23. The summed E-state index contributed by atoms with van der Waals surface area (Å²) in [4.78, 5) is 2.19. The summed E-state index contributed by atoms with van der Waals surface area (Å²) in [6.07, 6.45) is 4.52. The molecule has 3 nitrogen and oxygen atoms in total. The van der Waals surface area contributed by atoms with E-state index in [9.17, 15) is 5.11 Å². The van der Waals surface area contributed by atoms with Crippen molar-refractivity contribution in [1.82, 2.24) is 4.90 Å². The van der Waals surface area contributed by atoms with Crippen LogP contribution in [0.25, 0.3) is 0 Å². The van der Waals surface area contributed by atoms with Crippen LogP contribution in [0.3, 0.4) is 0 Å². The van der Waals surface area contributed by atoms with Crippen LogP contribution >= 0.6 is 0 Å². The van der Waals surface area contributed by atoms with Gasteiger partial charge in [-0.1, -0.05) is 19.8 Å². The second kappa shape index (κ2) is 5.69. The number of likely N-dealkylation sites (N-methyl/N-ethyl adjacent to an activating group) is 1. The minimum Gasteiger partial charge on any atom is -0.394 e. The van der Waals surface area contributed by atoms with E-state index in [2.05, 4.69) is 11.8 Å². The van der Waals surface area contributed by atoms with E-state index in [0.29, 0.717) is 12.6 Å². The normalized spacial score (nSPS) is 30.6.